The number of para-hydroxylation sites is 2. The predicted octanol–water partition coefficient (Wildman–Crippen LogP) is 17.1. The Morgan fingerprint density at radius 2 is 0.866 bits per heavy atom. The maximum absolute atomic E-state index is 2.49. The summed E-state index contributed by atoms with van der Waals surface area (Å²) < 4.78 is 2.49. The largest absolute Gasteiger partial charge is 0.310 e. The van der Waals surface area contributed by atoms with Crippen LogP contribution < -0.4 is 4.90 Å². The molecule has 12 aromatic rings. The Kier molecular flexibility index (Phi) is 9.11. The number of rotatable bonds is 8. The van der Waals surface area contributed by atoms with Gasteiger partial charge in [-0.3, -0.25) is 0 Å². The first-order valence-electron chi connectivity index (χ1n) is 23.2. The fourth-order valence-electron chi connectivity index (χ4n) is 11.2. The van der Waals surface area contributed by atoms with Crippen LogP contribution in [0.5, 0.6) is 0 Å². The van der Waals surface area contributed by atoms with Gasteiger partial charge in [0.05, 0.1) is 22.1 Å². The smallest absolute Gasteiger partial charge is 0.0714 e. The second-order valence-corrected chi connectivity index (χ2v) is 17.6. The van der Waals surface area contributed by atoms with E-state index in [1.807, 2.05) is 0 Å². The molecule has 2 heteroatoms. The van der Waals surface area contributed by atoms with Crippen LogP contribution >= 0.6 is 0 Å². The van der Waals surface area contributed by atoms with Gasteiger partial charge in [-0.15, -0.1) is 0 Å². The molecule has 0 fully saturated rings. The van der Waals surface area contributed by atoms with Crippen LogP contribution in [-0.2, 0) is 5.41 Å². The van der Waals surface area contributed by atoms with Crippen LogP contribution in [-0.4, -0.2) is 4.57 Å². The summed E-state index contributed by atoms with van der Waals surface area (Å²) in [5, 5.41) is 4.89. The number of hydrogen-bond donors (Lipinski definition) is 0. The van der Waals surface area contributed by atoms with Gasteiger partial charge in [0, 0.05) is 33.2 Å². The summed E-state index contributed by atoms with van der Waals surface area (Å²) in [6.45, 7) is 0. The highest BCUT2D eigenvalue weighted by Crippen LogP contribution is 2.56. The monoisotopic (exact) mass is 852 g/mol. The van der Waals surface area contributed by atoms with Crippen LogP contribution in [0, 0.1) is 0 Å². The van der Waals surface area contributed by atoms with E-state index in [1.165, 1.54) is 82.6 Å². The first-order valence-corrected chi connectivity index (χ1v) is 23.2. The fourth-order valence-corrected chi connectivity index (χ4v) is 11.2. The number of aromatic nitrogens is 1. The van der Waals surface area contributed by atoms with Gasteiger partial charge >= 0.3 is 0 Å². The Morgan fingerprint density at radius 3 is 1.63 bits per heavy atom. The molecule has 0 amide bonds. The lowest BCUT2D eigenvalue weighted by molar-refractivity contribution is 0.767. The lowest BCUT2D eigenvalue weighted by Gasteiger charge is -2.34. The highest BCUT2D eigenvalue weighted by Gasteiger charge is 2.46. The minimum absolute atomic E-state index is 0.494. The molecule has 67 heavy (non-hydrogen) atoms. The summed E-state index contributed by atoms with van der Waals surface area (Å²) >= 11 is 0. The van der Waals surface area contributed by atoms with Gasteiger partial charge in [0.25, 0.3) is 0 Å². The highest BCUT2D eigenvalue weighted by atomic mass is 15.1. The van der Waals surface area contributed by atoms with Gasteiger partial charge in [-0.1, -0.05) is 212 Å². The molecule has 2 nitrogen and oxygen atoms in total. The zero-order valence-corrected chi connectivity index (χ0v) is 36.8. The molecule has 0 spiro atoms. The van der Waals surface area contributed by atoms with E-state index in [9.17, 15) is 0 Å². The highest BCUT2D eigenvalue weighted by molar-refractivity contribution is 6.11. The molecule has 1 aromatic heterocycles. The van der Waals surface area contributed by atoms with E-state index in [2.05, 4.69) is 276 Å². The molecule has 0 radical (unpaired) electrons. The Bertz CT molecular complexity index is 3770. The first-order chi connectivity index (χ1) is 33.3. The normalized spacial score (nSPS) is 12.6. The molecule has 0 aliphatic heterocycles. The van der Waals surface area contributed by atoms with Crippen molar-refractivity contribution in [2.24, 2.45) is 0 Å². The molecule has 0 atom stereocenters. The summed E-state index contributed by atoms with van der Waals surface area (Å²) in [5.41, 5.74) is 18.8. The van der Waals surface area contributed by atoms with Crippen LogP contribution in [0.15, 0.2) is 267 Å². The molecule has 0 saturated heterocycles. The van der Waals surface area contributed by atoms with E-state index >= 15 is 0 Å². The molecule has 0 N–H and O–H groups in total. The van der Waals surface area contributed by atoms with Crippen LogP contribution in [0.4, 0.5) is 17.1 Å². The SMILES string of the molecule is c1ccc(N(c2cccc(-c3ccccc3-c3ccc4c5ccccc5n(-c5ccc6c(c5)C(c5ccccc5)(c5ccccc5)c5ccccc5-6)c4c3)c2)c2cccc3ccccc23)cc1. The minimum atomic E-state index is -0.494. The molecular weight excluding hydrogens is 809 g/mol. The van der Waals surface area contributed by atoms with E-state index in [1.54, 1.807) is 0 Å². The molecular formula is C65H44N2. The fraction of sp³-hybridized carbons (Fsp3) is 0.0154. The van der Waals surface area contributed by atoms with E-state index in [-0.39, 0.29) is 0 Å². The van der Waals surface area contributed by atoms with E-state index in [0.717, 1.165) is 28.3 Å². The minimum Gasteiger partial charge on any atom is -0.310 e. The molecule has 0 unspecified atom stereocenters. The molecule has 314 valence electrons. The van der Waals surface area contributed by atoms with Gasteiger partial charge in [-0.2, -0.15) is 0 Å². The molecule has 0 bridgehead atoms. The van der Waals surface area contributed by atoms with Crippen molar-refractivity contribution >= 4 is 49.6 Å². The Balaban J connectivity index is 0.987. The molecule has 1 aliphatic rings. The average Bonchev–Trinajstić information content (AvgIpc) is 3.90. The number of fused-ring (bicyclic) bond motifs is 7. The molecule has 0 saturated carbocycles. The predicted molar refractivity (Wildman–Crippen MR) is 281 cm³/mol. The van der Waals surface area contributed by atoms with Crippen LogP contribution in [0.1, 0.15) is 22.3 Å². The third kappa shape index (κ3) is 6.11. The van der Waals surface area contributed by atoms with Gasteiger partial charge in [-0.05, 0) is 116 Å². The number of hydrogen-bond acceptors (Lipinski definition) is 1. The summed E-state index contributed by atoms with van der Waals surface area (Å²) in [4.78, 5) is 2.39. The molecule has 13 rings (SSSR count). The van der Waals surface area contributed by atoms with Crippen molar-refractivity contribution in [3.05, 3.63) is 289 Å². The third-order valence-electron chi connectivity index (χ3n) is 14.0. The maximum atomic E-state index is 2.49. The van der Waals surface area contributed by atoms with Crippen molar-refractivity contribution in [1.29, 1.82) is 0 Å². The quantitative estimate of drug-likeness (QED) is 0.148. The standard InChI is InChI=1S/C65H44N2/c1-4-23-48(24-5-1)65(49-25-6-2-7-26-49)60-35-16-14-33-56(60)57-41-39-52(44-61(57)65)67-63-36-17-15-34-58(63)59-40-38-47(43-64(59)67)54-31-13-12-30-53(54)46-22-18-29-51(42-46)66(50-27-8-3-9-28-50)62-37-19-21-45-20-10-11-32-55(45)62/h1-44H. The van der Waals surface area contributed by atoms with Crippen molar-refractivity contribution < 1.29 is 0 Å². The lowest BCUT2D eigenvalue weighted by Crippen LogP contribution is -2.28. The van der Waals surface area contributed by atoms with Crippen molar-refractivity contribution in [2.45, 2.75) is 5.41 Å². The summed E-state index contributed by atoms with van der Waals surface area (Å²) in [6.07, 6.45) is 0. The Labute approximate surface area is 390 Å². The molecule has 1 aliphatic carbocycles. The average molecular weight is 853 g/mol. The van der Waals surface area contributed by atoms with Crippen molar-refractivity contribution in [1.82, 2.24) is 4.57 Å². The topological polar surface area (TPSA) is 8.17 Å². The summed E-state index contributed by atoms with van der Waals surface area (Å²) in [5.74, 6) is 0. The first kappa shape index (κ1) is 38.7. The lowest BCUT2D eigenvalue weighted by atomic mass is 9.67. The maximum Gasteiger partial charge on any atom is 0.0714 e. The van der Waals surface area contributed by atoms with Gasteiger partial charge in [0.1, 0.15) is 0 Å². The van der Waals surface area contributed by atoms with E-state index < -0.39 is 5.41 Å². The second-order valence-electron chi connectivity index (χ2n) is 17.6. The Morgan fingerprint density at radius 1 is 0.313 bits per heavy atom. The molecule has 1 heterocycles. The van der Waals surface area contributed by atoms with Gasteiger partial charge in [0.15, 0.2) is 0 Å². The number of nitrogens with zero attached hydrogens (tertiary/aromatic N) is 2. The van der Waals surface area contributed by atoms with Gasteiger partial charge in [-0.25, -0.2) is 0 Å². The Hall–Kier alpha value is -8.72. The van der Waals surface area contributed by atoms with E-state index in [0.29, 0.717) is 0 Å². The van der Waals surface area contributed by atoms with E-state index in [4.69, 9.17) is 0 Å². The number of anilines is 3. The van der Waals surface area contributed by atoms with Crippen molar-refractivity contribution in [3.8, 4) is 39.1 Å². The van der Waals surface area contributed by atoms with Crippen LogP contribution in [0.2, 0.25) is 0 Å². The summed E-state index contributed by atoms with van der Waals surface area (Å²) in [6, 6.07) is 98.1. The zero-order valence-electron chi connectivity index (χ0n) is 36.8. The molecule has 11 aromatic carbocycles. The van der Waals surface area contributed by atoms with Crippen molar-refractivity contribution in [2.75, 3.05) is 4.90 Å². The third-order valence-corrected chi connectivity index (χ3v) is 14.0. The van der Waals surface area contributed by atoms with Crippen molar-refractivity contribution in [3.63, 3.8) is 0 Å². The summed E-state index contributed by atoms with van der Waals surface area (Å²) in [7, 11) is 0. The van der Waals surface area contributed by atoms with Crippen LogP contribution in [0.25, 0.3) is 71.6 Å². The zero-order chi connectivity index (χ0) is 44.3. The van der Waals surface area contributed by atoms with Gasteiger partial charge in [0.2, 0.25) is 0 Å². The van der Waals surface area contributed by atoms with Gasteiger partial charge < -0.3 is 9.47 Å². The van der Waals surface area contributed by atoms with Crippen LogP contribution in [0.3, 0.4) is 0 Å². The second kappa shape index (κ2) is 15.8. The number of benzene rings is 11.